The molecule has 0 fully saturated rings. The Labute approximate surface area is 92.7 Å². The Kier molecular flexibility index (Phi) is 2.88. The van der Waals surface area contributed by atoms with Crippen LogP contribution in [0.25, 0.3) is 0 Å². The van der Waals surface area contributed by atoms with Crippen LogP contribution < -0.4 is 5.56 Å². The average molecular weight is 220 g/mol. The normalized spacial score (nSPS) is 10.2. The van der Waals surface area contributed by atoms with E-state index in [1.54, 1.807) is 22.9 Å². The Morgan fingerprint density at radius 2 is 1.80 bits per heavy atom. The van der Waals surface area contributed by atoms with E-state index in [9.17, 15) is 4.79 Å². The molecule has 0 aliphatic rings. The van der Waals surface area contributed by atoms with Crippen LogP contribution in [-0.4, -0.2) is 4.57 Å². The zero-order valence-electron chi connectivity index (χ0n) is 8.06. The number of benzene rings is 1. The van der Waals surface area contributed by atoms with E-state index < -0.39 is 0 Å². The van der Waals surface area contributed by atoms with Crippen LogP contribution in [0.2, 0.25) is 5.02 Å². The largest absolute Gasteiger partial charge is 0.311 e. The van der Waals surface area contributed by atoms with Gasteiger partial charge in [-0.1, -0.05) is 29.8 Å². The first-order chi connectivity index (χ1) is 7.25. The molecule has 0 amide bonds. The van der Waals surface area contributed by atoms with Crippen molar-refractivity contribution in [2.24, 2.45) is 0 Å². The van der Waals surface area contributed by atoms with E-state index in [2.05, 4.69) is 0 Å². The van der Waals surface area contributed by atoms with Crippen LogP contribution in [0.15, 0.2) is 53.5 Å². The smallest absolute Gasteiger partial charge is 0.250 e. The lowest BCUT2D eigenvalue weighted by atomic mass is 10.2. The second-order valence-electron chi connectivity index (χ2n) is 3.29. The van der Waals surface area contributed by atoms with Crippen LogP contribution in [0.3, 0.4) is 0 Å². The van der Waals surface area contributed by atoms with Crippen molar-refractivity contribution >= 4 is 11.6 Å². The van der Waals surface area contributed by atoms with E-state index in [1.807, 2.05) is 30.3 Å². The van der Waals surface area contributed by atoms with E-state index >= 15 is 0 Å². The Hall–Kier alpha value is -1.54. The number of nitrogens with zero attached hydrogens (tertiary/aromatic N) is 1. The van der Waals surface area contributed by atoms with E-state index in [0.717, 1.165) is 5.56 Å². The number of halogens is 1. The monoisotopic (exact) mass is 219 g/mol. The van der Waals surface area contributed by atoms with Gasteiger partial charge in [0, 0.05) is 17.3 Å². The van der Waals surface area contributed by atoms with E-state index in [4.69, 9.17) is 11.6 Å². The lowest BCUT2D eigenvalue weighted by Gasteiger charge is -2.04. The third-order valence-electron chi connectivity index (χ3n) is 2.17. The van der Waals surface area contributed by atoms with Gasteiger partial charge in [-0.15, -0.1) is 0 Å². The molecule has 0 aliphatic carbocycles. The van der Waals surface area contributed by atoms with Crippen molar-refractivity contribution in [1.29, 1.82) is 0 Å². The summed E-state index contributed by atoms with van der Waals surface area (Å²) >= 11 is 5.78. The van der Waals surface area contributed by atoms with Gasteiger partial charge in [-0.3, -0.25) is 4.79 Å². The molecular formula is C12H10ClNO. The molecule has 0 atom stereocenters. The van der Waals surface area contributed by atoms with Crippen molar-refractivity contribution in [2.75, 3.05) is 0 Å². The summed E-state index contributed by atoms with van der Waals surface area (Å²) in [6.45, 7) is 0.580. The van der Waals surface area contributed by atoms with Crippen LogP contribution in [-0.2, 0) is 6.54 Å². The SMILES string of the molecule is O=c1ccccn1Cc1ccc(Cl)cc1. The lowest BCUT2D eigenvalue weighted by molar-refractivity contribution is 0.759. The molecule has 2 aromatic rings. The Morgan fingerprint density at radius 3 is 2.47 bits per heavy atom. The third kappa shape index (κ3) is 2.48. The molecule has 0 radical (unpaired) electrons. The number of pyridine rings is 1. The summed E-state index contributed by atoms with van der Waals surface area (Å²) in [6, 6.07) is 12.6. The molecule has 0 bridgehead atoms. The Morgan fingerprint density at radius 1 is 1.07 bits per heavy atom. The van der Waals surface area contributed by atoms with Gasteiger partial charge in [-0.25, -0.2) is 0 Å². The molecule has 1 heterocycles. The predicted molar refractivity (Wildman–Crippen MR) is 61.3 cm³/mol. The number of aromatic nitrogens is 1. The van der Waals surface area contributed by atoms with Gasteiger partial charge in [0.1, 0.15) is 0 Å². The van der Waals surface area contributed by atoms with E-state index in [1.165, 1.54) is 0 Å². The number of hydrogen-bond acceptors (Lipinski definition) is 1. The van der Waals surface area contributed by atoms with Gasteiger partial charge in [-0.2, -0.15) is 0 Å². The second-order valence-corrected chi connectivity index (χ2v) is 3.73. The van der Waals surface area contributed by atoms with Crippen LogP contribution in [0.1, 0.15) is 5.56 Å². The maximum atomic E-state index is 11.4. The van der Waals surface area contributed by atoms with Gasteiger partial charge in [0.25, 0.3) is 5.56 Å². The average Bonchev–Trinajstić information content (AvgIpc) is 2.25. The summed E-state index contributed by atoms with van der Waals surface area (Å²) in [5, 5.41) is 0.708. The Balaban J connectivity index is 2.26. The van der Waals surface area contributed by atoms with Gasteiger partial charge in [0.15, 0.2) is 0 Å². The zero-order chi connectivity index (χ0) is 10.7. The van der Waals surface area contributed by atoms with Gasteiger partial charge in [0.05, 0.1) is 6.54 Å². The fourth-order valence-corrected chi connectivity index (χ4v) is 1.50. The second kappa shape index (κ2) is 4.32. The number of hydrogen-bond donors (Lipinski definition) is 0. The highest BCUT2D eigenvalue weighted by Crippen LogP contribution is 2.09. The van der Waals surface area contributed by atoms with Gasteiger partial charge < -0.3 is 4.57 Å². The highest BCUT2D eigenvalue weighted by molar-refractivity contribution is 6.30. The summed E-state index contributed by atoms with van der Waals surface area (Å²) in [6.07, 6.45) is 1.77. The summed E-state index contributed by atoms with van der Waals surface area (Å²) in [4.78, 5) is 11.4. The molecule has 1 aromatic carbocycles. The number of rotatable bonds is 2. The predicted octanol–water partition coefficient (Wildman–Crippen LogP) is 2.55. The fourth-order valence-electron chi connectivity index (χ4n) is 1.38. The molecule has 1 aromatic heterocycles. The van der Waals surface area contributed by atoms with Crippen LogP contribution in [0.5, 0.6) is 0 Å². The minimum absolute atomic E-state index is 0.00690. The molecule has 0 N–H and O–H groups in total. The quantitative estimate of drug-likeness (QED) is 0.761. The maximum Gasteiger partial charge on any atom is 0.250 e. The summed E-state index contributed by atoms with van der Waals surface area (Å²) in [5.74, 6) is 0. The van der Waals surface area contributed by atoms with Crippen LogP contribution >= 0.6 is 11.6 Å². The highest BCUT2D eigenvalue weighted by atomic mass is 35.5. The molecular weight excluding hydrogens is 210 g/mol. The standard InChI is InChI=1S/C12H10ClNO/c13-11-6-4-10(5-7-11)9-14-8-2-1-3-12(14)15/h1-8H,9H2. The first-order valence-corrected chi connectivity index (χ1v) is 5.03. The molecule has 0 spiro atoms. The molecule has 0 saturated heterocycles. The molecule has 0 aliphatic heterocycles. The molecule has 3 heteroatoms. The van der Waals surface area contributed by atoms with Crippen LogP contribution in [0, 0.1) is 0 Å². The van der Waals surface area contributed by atoms with Crippen molar-refractivity contribution in [3.8, 4) is 0 Å². The third-order valence-corrected chi connectivity index (χ3v) is 2.42. The summed E-state index contributed by atoms with van der Waals surface area (Å²) < 4.78 is 1.66. The first kappa shape index (κ1) is 9.99. The minimum Gasteiger partial charge on any atom is -0.311 e. The molecule has 0 saturated carbocycles. The van der Waals surface area contributed by atoms with Gasteiger partial charge >= 0.3 is 0 Å². The van der Waals surface area contributed by atoms with Crippen molar-refractivity contribution in [1.82, 2.24) is 4.57 Å². The molecule has 15 heavy (non-hydrogen) atoms. The molecule has 76 valence electrons. The van der Waals surface area contributed by atoms with E-state index in [0.29, 0.717) is 11.6 Å². The molecule has 2 rings (SSSR count). The summed E-state index contributed by atoms with van der Waals surface area (Å²) in [7, 11) is 0. The molecule has 0 unspecified atom stereocenters. The zero-order valence-corrected chi connectivity index (χ0v) is 8.82. The first-order valence-electron chi connectivity index (χ1n) is 4.65. The van der Waals surface area contributed by atoms with Crippen LogP contribution in [0.4, 0.5) is 0 Å². The topological polar surface area (TPSA) is 22.0 Å². The summed E-state index contributed by atoms with van der Waals surface area (Å²) in [5.41, 5.74) is 1.07. The highest BCUT2D eigenvalue weighted by Gasteiger charge is 1.96. The Bertz CT molecular complexity index is 502. The van der Waals surface area contributed by atoms with Gasteiger partial charge in [0.2, 0.25) is 0 Å². The fraction of sp³-hybridized carbons (Fsp3) is 0.0833. The molecule has 2 nitrogen and oxygen atoms in total. The van der Waals surface area contributed by atoms with E-state index in [-0.39, 0.29) is 5.56 Å². The van der Waals surface area contributed by atoms with Gasteiger partial charge in [-0.05, 0) is 23.8 Å². The lowest BCUT2D eigenvalue weighted by Crippen LogP contribution is -2.18. The van der Waals surface area contributed by atoms with Crippen molar-refractivity contribution in [2.45, 2.75) is 6.54 Å². The van der Waals surface area contributed by atoms with Crippen molar-refractivity contribution < 1.29 is 0 Å². The maximum absolute atomic E-state index is 11.4. The minimum atomic E-state index is 0.00690. The van der Waals surface area contributed by atoms with Crippen molar-refractivity contribution in [3.63, 3.8) is 0 Å². The van der Waals surface area contributed by atoms with Crippen molar-refractivity contribution in [3.05, 3.63) is 69.6 Å².